The molecule has 3 heterocycles. The highest BCUT2D eigenvalue weighted by atomic mass is 35.5. The fourth-order valence-corrected chi connectivity index (χ4v) is 6.24. The number of allylic oxidation sites excluding steroid dienone is 1. The molecule has 1 saturated heterocycles. The molecule has 2 N–H and O–H groups in total. The summed E-state index contributed by atoms with van der Waals surface area (Å²) in [5, 5.41) is 5.95. The molecule has 1 aliphatic carbocycles. The van der Waals surface area contributed by atoms with E-state index in [0.29, 0.717) is 22.0 Å². The van der Waals surface area contributed by atoms with Gasteiger partial charge in [0.05, 0.1) is 29.7 Å². The van der Waals surface area contributed by atoms with Crippen molar-refractivity contribution in [2.75, 3.05) is 6.54 Å². The topological polar surface area (TPSA) is 89.9 Å². The molecule has 0 bridgehead atoms. The van der Waals surface area contributed by atoms with E-state index in [1.54, 1.807) is 6.07 Å². The Balaban J connectivity index is 1.46. The number of likely N-dealkylation sites (tertiary alicyclic amines) is 1. The highest BCUT2D eigenvalue weighted by Crippen LogP contribution is 2.37. The summed E-state index contributed by atoms with van der Waals surface area (Å²) in [7, 11) is 0. The Morgan fingerprint density at radius 3 is 2.80 bits per heavy atom. The quantitative estimate of drug-likeness (QED) is 0.508. The summed E-state index contributed by atoms with van der Waals surface area (Å²) in [6.07, 6.45) is 7.73. The Morgan fingerprint density at radius 1 is 1.29 bits per heavy atom. The molecular weight excluding hydrogens is 483 g/mol. The third kappa shape index (κ3) is 4.46. The number of fused-ring (bicyclic) bond motifs is 1. The minimum absolute atomic E-state index is 0.134. The molecule has 35 heavy (non-hydrogen) atoms. The molecule has 2 unspecified atom stereocenters. The molecule has 1 aromatic carbocycles. The molecule has 0 radical (unpaired) electrons. The number of primary amides is 1. The van der Waals surface area contributed by atoms with Crippen LogP contribution in [0, 0.1) is 12.8 Å². The maximum absolute atomic E-state index is 11.9. The first-order valence-electron chi connectivity index (χ1n) is 12.2. The number of halogens is 2. The third-order valence-electron chi connectivity index (χ3n) is 7.53. The summed E-state index contributed by atoms with van der Waals surface area (Å²) in [5.41, 5.74) is 11.0. The maximum atomic E-state index is 11.9. The van der Waals surface area contributed by atoms with E-state index in [1.807, 2.05) is 36.9 Å². The van der Waals surface area contributed by atoms with E-state index in [9.17, 15) is 4.79 Å². The molecule has 2 aromatic heterocycles. The fraction of sp³-hybridized carbons (Fsp3) is 0.462. The van der Waals surface area contributed by atoms with Crippen LogP contribution in [0.3, 0.4) is 0 Å². The van der Waals surface area contributed by atoms with Gasteiger partial charge in [0.25, 0.3) is 0 Å². The van der Waals surface area contributed by atoms with Gasteiger partial charge in [0, 0.05) is 16.1 Å². The Kier molecular flexibility index (Phi) is 6.59. The lowest BCUT2D eigenvalue weighted by Gasteiger charge is -2.38. The average molecular weight is 513 g/mol. The van der Waals surface area contributed by atoms with Gasteiger partial charge >= 0.3 is 0 Å². The number of carbonyl (C=O) groups excluding carboxylic acids is 1. The summed E-state index contributed by atoms with van der Waals surface area (Å²) in [5.74, 6) is 0.172. The number of carbonyl (C=O) groups is 1. The summed E-state index contributed by atoms with van der Waals surface area (Å²) in [6.45, 7) is 7.17. The Morgan fingerprint density at radius 2 is 2.09 bits per heavy atom. The highest BCUT2D eigenvalue weighted by molar-refractivity contribution is 6.35. The monoisotopic (exact) mass is 512 g/mol. The minimum atomic E-state index is -0.209. The van der Waals surface area contributed by atoms with Gasteiger partial charge in [-0.05, 0) is 75.3 Å². The van der Waals surface area contributed by atoms with Gasteiger partial charge in [0.2, 0.25) is 5.91 Å². The number of amides is 1. The van der Waals surface area contributed by atoms with Crippen LogP contribution in [0.1, 0.15) is 62.5 Å². The zero-order valence-corrected chi connectivity index (χ0v) is 21.7. The molecule has 1 fully saturated rings. The van der Waals surface area contributed by atoms with Crippen molar-refractivity contribution >= 4 is 45.8 Å². The van der Waals surface area contributed by atoms with Crippen molar-refractivity contribution in [2.45, 2.75) is 64.6 Å². The lowest BCUT2D eigenvalue weighted by Crippen LogP contribution is -2.48. The highest BCUT2D eigenvalue weighted by Gasteiger charge is 2.37. The van der Waals surface area contributed by atoms with Crippen LogP contribution in [0.5, 0.6) is 0 Å². The standard InChI is InChI=1S/C26H30Cl2N6O/c1-14-11-17(6-9-22(14)33-10-4-5-23(33)25(29)35)21-13-30-24-15(2)32-34(26(24)31-21)16(3)19-8-7-18(27)12-20(19)28/h6-8,12-14,16,22-23H,4-5,9-11H2,1-3H3,(H2,29,35)/t14-,16?,22+,23?/m1/s1. The van der Waals surface area contributed by atoms with Gasteiger partial charge in [-0.2, -0.15) is 5.10 Å². The van der Waals surface area contributed by atoms with Crippen molar-refractivity contribution in [1.82, 2.24) is 24.6 Å². The second kappa shape index (κ2) is 9.52. The first kappa shape index (κ1) is 24.2. The molecule has 0 spiro atoms. The van der Waals surface area contributed by atoms with Gasteiger partial charge in [-0.25, -0.2) is 14.6 Å². The second-order valence-electron chi connectivity index (χ2n) is 9.81. The van der Waals surface area contributed by atoms with E-state index in [1.165, 1.54) is 5.57 Å². The van der Waals surface area contributed by atoms with Gasteiger partial charge in [-0.15, -0.1) is 0 Å². The average Bonchev–Trinajstić information content (AvgIpc) is 3.43. The number of nitrogens with zero attached hydrogens (tertiary/aromatic N) is 5. The molecular formula is C26H30Cl2N6O. The normalized spacial score (nSPS) is 24.0. The van der Waals surface area contributed by atoms with Crippen molar-refractivity contribution in [3.05, 3.63) is 57.5 Å². The van der Waals surface area contributed by atoms with Crippen molar-refractivity contribution < 1.29 is 4.79 Å². The molecule has 184 valence electrons. The lowest BCUT2D eigenvalue weighted by atomic mass is 9.83. The SMILES string of the molecule is Cc1nn(C(C)c2ccc(Cl)cc2Cl)c2nc(C3=CC[C@H](N4CCCC4C(N)=O)[C@H](C)C3)cnc12. The van der Waals surface area contributed by atoms with Crippen LogP contribution in [0.15, 0.2) is 30.5 Å². The van der Waals surface area contributed by atoms with Crippen molar-refractivity contribution in [3.63, 3.8) is 0 Å². The first-order valence-corrected chi connectivity index (χ1v) is 12.9. The second-order valence-corrected chi connectivity index (χ2v) is 10.7. The summed E-state index contributed by atoms with van der Waals surface area (Å²) < 4.78 is 1.90. The number of hydrogen-bond donors (Lipinski definition) is 1. The molecule has 2 aliphatic rings. The molecule has 1 amide bonds. The van der Waals surface area contributed by atoms with Crippen LogP contribution in [0.25, 0.3) is 16.7 Å². The number of aryl methyl sites for hydroxylation is 1. The number of aromatic nitrogens is 4. The molecule has 1 aliphatic heterocycles. The number of rotatable bonds is 5. The summed E-state index contributed by atoms with van der Waals surface area (Å²) >= 11 is 12.6. The van der Waals surface area contributed by atoms with E-state index in [-0.39, 0.29) is 18.0 Å². The van der Waals surface area contributed by atoms with Gasteiger partial charge in [-0.3, -0.25) is 9.69 Å². The van der Waals surface area contributed by atoms with Crippen LogP contribution in [-0.2, 0) is 4.79 Å². The number of hydrogen-bond acceptors (Lipinski definition) is 5. The van der Waals surface area contributed by atoms with Crippen molar-refractivity contribution in [3.8, 4) is 0 Å². The van der Waals surface area contributed by atoms with Crippen LogP contribution >= 0.6 is 23.2 Å². The summed E-state index contributed by atoms with van der Waals surface area (Å²) in [6, 6.07) is 5.55. The Hall–Kier alpha value is -2.48. The van der Waals surface area contributed by atoms with Crippen molar-refractivity contribution in [2.24, 2.45) is 11.7 Å². The molecule has 4 atom stereocenters. The smallest absolute Gasteiger partial charge is 0.234 e. The predicted molar refractivity (Wildman–Crippen MR) is 139 cm³/mol. The first-order chi connectivity index (χ1) is 16.7. The van der Waals surface area contributed by atoms with Gasteiger partial charge in [0.1, 0.15) is 5.52 Å². The van der Waals surface area contributed by atoms with E-state index in [4.69, 9.17) is 44.0 Å². The molecule has 7 nitrogen and oxygen atoms in total. The molecule has 3 aromatic rings. The van der Waals surface area contributed by atoms with Gasteiger partial charge < -0.3 is 5.73 Å². The van der Waals surface area contributed by atoms with E-state index in [2.05, 4.69) is 17.9 Å². The van der Waals surface area contributed by atoms with Gasteiger partial charge in [0.15, 0.2) is 5.65 Å². The van der Waals surface area contributed by atoms with E-state index < -0.39 is 0 Å². The zero-order valence-electron chi connectivity index (χ0n) is 20.2. The van der Waals surface area contributed by atoms with E-state index in [0.717, 1.165) is 60.3 Å². The molecule has 0 saturated carbocycles. The molecule has 9 heteroatoms. The largest absolute Gasteiger partial charge is 0.368 e. The van der Waals surface area contributed by atoms with Gasteiger partial charge in [-0.1, -0.05) is 42.3 Å². The fourth-order valence-electron chi connectivity index (χ4n) is 5.67. The zero-order chi connectivity index (χ0) is 24.9. The minimum Gasteiger partial charge on any atom is -0.368 e. The van der Waals surface area contributed by atoms with Crippen LogP contribution in [-0.4, -0.2) is 49.2 Å². The van der Waals surface area contributed by atoms with Crippen LogP contribution < -0.4 is 5.73 Å². The van der Waals surface area contributed by atoms with Crippen LogP contribution in [0.4, 0.5) is 0 Å². The third-order valence-corrected chi connectivity index (χ3v) is 8.10. The lowest BCUT2D eigenvalue weighted by molar-refractivity contribution is -0.123. The predicted octanol–water partition coefficient (Wildman–Crippen LogP) is 5.18. The Labute approximate surface area is 215 Å². The Bertz CT molecular complexity index is 1320. The number of benzene rings is 1. The molecule has 5 rings (SSSR count). The summed E-state index contributed by atoms with van der Waals surface area (Å²) in [4.78, 5) is 24.0. The van der Waals surface area contributed by atoms with E-state index >= 15 is 0 Å². The van der Waals surface area contributed by atoms with Crippen LogP contribution in [0.2, 0.25) is 10.0 Å². The maximum Gasteiger partial charge on any atom is 0.234 e. The number of nitrogens with two attached hydrogens (primary N) is 1. The van der Waals surface area contributed by atoms with Crippen molar-refractivity contribution in [1.29, 1.82) is 0 Å².